The summed E-state index contributed by atoms with van der Waals surface area (Å²) in [5.41, 5.74) is 1.26. The first-order valence-electron chi connectivity index (χ1n) is 7.15. The molecule has 4 heteroatoms. The van der Waals surface area contributed by atoms with Gasteiger partial charge in [0.05, 0.1) is 4.47 Å². The zero-order valence-electron chi connectivity index (χ0n) is 11.0. The number of halogens is 2. The summed E-state index contributed by atoms with van der Waals surface area (Å²) in [6.07, 6.45) is 3.96. The number of rotatable bonds is 3. The van der Waals surface area contributed by atoms with Gasteiger partial charge in [-0.05, 0) is 52.4 Å². The number of nitrogens with zero attached hydrogens (tertiary/aromatic N) is 1. The average Bonchev–Trinajstić information content (AvgIpc) is 2.38. The van der Waals surface area contributed by atoms with Crippen molar-refractivity contribution in [1.82, 2.24) is 10.2 Å². The summed E-state index contributed by atoms with van der Waals surface area (Å²) in [5, 5.41) is 3.41. The maximum atomic E-state index is 13.4. The summed E-state index contributed by atoms with van der Waals surface area (Å²) in [6, 6.07) is 5.99. The van der Waals surface area contributed by atoms with Crippen LogP contribution >= 0.6 is 15.9 Å². The van der Waals surface area contributed by atoms with E-state index in [0.717, 1.165) is 32.1 Å². The lowest BCUT2D eigenvalue weighted by atomic mass is 9.76. The molecule has 1 aliphatic carbocycles. The molecule has 0 radical (unpaired) electrons. The summed E-state index contributed by atoms with van der Waals surface area (Å²) in [5.74, 6) is 0.576. The van der Waals surface area contributed by atoms with Gasteiger partial charge in [0.1, 0.15) is 5.82 Å². The Morgan fingerprint density at radius 3 is 2.58 bits per heavy atom. The first-order valence-corrected chi connectivity index (χ1v) is 7.95. The zero-order valence-corrected chi connectivity index (χ0v) is 12.6. The molecule has 0 aromatic heterocycles. The van der Waals surface area contributed by atoms with Gasteiger partial charge < -0.3 is 5.32 Å². The lowest BCUT2D eigenvalue weighted by molar-refractivity contribution is 0.0836. The number of benzene rings is 1. The Morgan fingerprint density at radius 2 is 2.00 bits per heavy atom. The van der Waals surface area contributed by atoms with Crippen LogP contribution in [0.5, 0.6) is 0 Å². The molecule has 1 saturated heterocycles. The predicted octanol–water partition coefficient (Wildman–Crippen LogP) is 3.33. The van der Waals surface area contributed by atoms with Crippen LogP contribution in [0.4, 0.5) is 4.39 Å². The van der Waals surface area contributed by atoms with Crippen molar-refractivity contribution in [3.8, 4) is 0 Å². The van der Waals surface area contributed by atoms with Gasteiger partial charge in [0, 0.05) is 32.2 Å². The van der Waals surface area contributed by atoms with Crippen molar-refractivity contribution in [2.45, 2.75) is 25.3 Å². The Hall–Kier alpha value is -0.450. The summed E-state index contributed by atoms with van der Waals surface area (Å²) in [7, 11) is 0. The van der Waals surface area contributed by atoms with Crippen LogP contribution in [0.3, 0.4) is 0 Å². The van der Waals surface area contributed by atoms with Crippen molar-refractivity contribution in [3.05, 3.63) is 34.1 Å². The molecule has 0 amide bonds. The monoisotopic (exact) mass is 326 g/mol. The van der Waals surface area contributed by atoms with E-state index < -0.39 is 0 Å². The third-order valence-corrected chi connectivity index (χ3v) is 5.03. The Kier molecular flexibility index (Phi) is 4.20. The molecular formula is C15H20BrFN2. The van der Waals surface area contributed by atoms with Gasteiger partial charge in [0.15, 0.2) is 0 Å². The summed E-state index contributed by atoms with van der Waals surface area (Å²) < 4.78 is 14.0. The minimum atomic E-state index is -0.170. The number of piperazine rings is 1. The highest BCUT2D eigenvalue weighted by atomic mass is 79.9. The van der Waals surface area contributed by atoms with E-state index in [9.17, 15) is 4.39 Å². The number of nitrogens with one attached hydrogen (secondary N) is 1. The van der Waals surface area contributed by atoms with Crippen LogP contribution in [0.1, 0.15) is 30.9 Å². The molecule has 1 aromatic rings. The molecule has 2 nitrogen and oxygen atoms in total. The van der Waals surface area contributed by atoms with E-state index >= 15 is 0 Å². The largest absolute Gasteiger partial charge is 0.314 e. The third-order valence-electron chi connectivity index (χ3n) is 4.43. The zero-order chi connectivity index (χ0) is 13.2. The third kappa shape index (κ3) is 2.86. The van der Waals surface area contributed by atoms with Gasteiger partial charge in [-0.15, -0.1) is 0 Å². The van der Waals surface area contributed by atoms with Gasteiger partial charge in [0.2, 0.25) is 0 Å². The second-order valence-electron chi connectivity index (χ2n) is 5.60. The van der Waals surface area contributed by atoms with E-state index in [0.29, 0.717) is 10.5 Å². The molecule has 0 spiro atoms. The van der Waals surface area contributed by atoms with Crippen molar-refractivity contribution < 1.29 is 4.39 Å². The fraction of sp³-hybridized carbons (Fsp3) is 0.600. The lowest BCUT2D eigenvalue weighted by Gasteiger charge is -2.43. The van der Waals surface area contributed by atoms with Crippen LogP contribution in [0, 0.1) is 11.7 Å². The summed E-state index contributed by atoms with van der Waals surface area (Å²) >= 11 is 3.32. The minimum Gasteiger partial charge on any atom is -0.314 e. The molecule has 1 aliphatic heterocycles. The van der Waals surface area contributed by atoms with Gasteiger partial charge in [-0.1, -0.05) is 12.5 Å². The molecule has 0 bridgehead atoms. The maximum absolute atomic E-state index is 13.4. The van der Waals surface area contributed by atoms with E-state index in [4.69, 9.17) is 0 Å². The second kappa shape index (κ2) is 5.90. The van der Waals surface area contributed by atoms with Gasteiger partial charge in [-0.2, -0.15) is 0 Å². The average molecular weight is 327 g/mol. The smallest absolute Gasteiger partial charge is 0.137 e. The molecule has 2 fully saturated rings. The van der Waals surface area contributed by atoms with Gasteiger partial charge in [0.25, 0.3) is 0 Å². The van der Waals surface area contributed by atoms with Crippen LogP contribution in [0.25, 0.3) is 0 Å². The van der Waals surface area contributed by atoms with E-state index in [1.54, 1.807) is 6.07 Å². The van der Waals surface area contributed by atoms with E-state index in [-0.39, 0.29) is 5.82 Å². The maximum Gasteiger partial charge on any atom is 0.137 e. The first kappa shape index (κ1) is 13.5. The van der Waals surface area contributed by atoms with Crippen molar-refractivity contribution in [2.24, 2.45) is 5.92 Å². The number of hydrogen-bond donors (Lipinski definition) is 1. The van der Waals surface area contributed by atoms with Crippen LogP contribution in [0.15, 0.2) is 22.7 Å². The standard InChI is InChI=1S/C15H20BrFN2/c16-13-10-12(4-5-14(13)17)15(11-2-1-3-11)19-8-6-18-7-9-19/h4-5,10-11,15,18H,1-3,6-9H2/t15-/m0/s1. The molecule has 0 unspecified atom stereocenters. The Bertz CT molecular complexity index is 442. The molecule has 1 atom stereocenters. The first-order chi connectivity index (χ1) is 9.25. The molecule has 1 heterocycles. The van der Waals surface area contributed by atoms with Crippen molar-refractivity contribution in [3.63, 3.8) is 0 Å². The Balaban J connectivity index is 1.86. The molecule has 1 saturated carbocycles. The highest BCUT2D eigenvalue weighted by Crippen LogP contribution is 2.42. The van der Waals surface area contributed by atoms with E-state index in [1.165, 1.54) is 24.8 Å². The lowest BCUT2D eigenvalue weighted by Crippen LogP contribution is -2.47. The fourth-order valence-electron chi connectivity index (χ4n) is 3.19. The molecular weight excluding hydrogens is 307 g/mol. The molecule has 19 heavy (non-hydrogen) atoms. The normalized spacial score (nSPS) is 23.1. The summed E-state index contributed by atoms with van der Waals surface area (Å²) in [6.45, 7) is 4.31. The van der Waals surface area contributed by atoms with Gasteiger partial charge in [-0.3, -0.25) is 4.90 Å². The SMILES string of the molecule is Fc1ccc([C@H](C2CCC2)N2CCNCC2)cc1Br. The van der Waals surface area contributed by atoms with Crippen molar-refractivity contribution in [1.29, 1.82) is 0 Å². The topological polar surface area (TPSA) is 15.3 Å². The van der Waals surface area contributed by atoms with Crippen LogP contribution in [0.2, 0.25) is 0 Å². The predicted molar refractivity (Wildman–Crippen MR) is 78.6 cm³/mol. The van der Waals surface area contributed by atoms with Crippen LogP contribution < -0.4 is 5.32 Å². The van der Waals surface area contributed by atoms with Gasteiger partial charge >= 0.3 is 0 Å². The quantitative estimate of drug-likeness (QED) is 0.916. The van der Waals surface area contributed by atoms with Crippen LogP contribution in [-0.4, -0.2) is 31.1 Å². The highest BCUT2D eigenvalue weighted by molar-refractivity contribution is 9.10. The molecule has 1 N–H and O–H groups in total. The fourth-order valence-corrected chi connectivity index (χ4v) is 3.59. The molecule has 2 aliphatic rings. The van der Waals surface area contributed by atoms with E-state index in [1.807, 2.05) is 12.1 Å². The highest BCUT2D eigenvalue weighted by Gasteiger charge is 2.33. The second-order valence-corrected chi connectivity index (χ2v) is 6.45. The van der Waals surface area contributed by atoms with Crippen LogP contribution in [-0.2, 0) is 0 Å². The Morgan fingerprint density at radius 1 is 1.26 bits per heavy atom. The minimum absolute atomic E-state index is 0.170. The van der Waals surface area contributed by atoms with Crippen molar-refractivity contribution in [2.75, 3.05) is 26.2 Å². The molecule has 1 aromatic carbocycles. The molecule has 104 valence electrons. The van der Waals surface area contributed by atoms with Gasteiger partial charge in [-0.25, -0.2) is 4.39 Å². The molecule has 3 rings (SSSR count). The summed E-state index contributed by atoms with van der Waals surface area (Å²) in [4.78, 5) is 2.57. The van der Waals surface area contributed by atoms with Crippen molar-refractivity contribution >= 4 is 15.9 Å². The number of hydrogen-bond acceptors (Lipinski definition) is 2. The van der Waals surface area contributed by atoms with E-state index in [2.05, 4.69) is 26.1 Å². The Labute approximate surface area is 122 Å².